The van der Waals surface area contributed by atoms with Gasteiger partial charge in [0, 0.05) is 6.20 Å². The third-order valence-electron chi connectivity index (χ3n) is 2.56. The van der Waals surface area contributed by atoms with Crippen LogP contribution in [0.5, 0.6) is 0 Å². The average molecular weight is 343 g/mol. The highest BCUT2D eigenvalue weighted by molar-refractivity contribution is 9.10. The van der Waals surface area contributed by atoms with Gasteiger partial charge in [-0.25, -0.2) is 9.97 Å². The van der Waals surface area contributed by atoms with Crippen LogP contribution in [0.1, 0.15) is 0 Å². The number of rotatable bonds is 1. The van der Waals surface area contributed by atoms with E-state index in [1.54, 1.807) is 24.4 Å². The fraction of sp³-hybridized carbons (Fsp3) is 0. The molecule has 0 amide bonds. The summed E-state index contributed by atoms with van der Waals surface area (Å²) in [7, 11) is 0. The summed E-state index contributed by atoms with van der Waals surface area (Å²) in [5.41, 5.74) is 2.33. The first kappa shape index (κ1) is 12.0. The summed E-state index contributed by atoms with van der Waals surface area (Å²) in [5, 5.41) is 1.12. The predicted molar refractivity (Wildman–Crippen MR) is 77.0 cm³/mol. The van der Waals surface area contributed by atoms with Gasteiger partial charge >= 0.3 is 0 Å². The third kappa shape index (κ3) is 1.90. The Balaban J connectivity index is 2.30. The van der Waals surface area contributed by atoms with Crippen molar-refractivity contribution in [2.75, 3.05) is 0 Å². The number of imidazole rings is 1. The molecule has 18 heavy (non-hydrogen) atoms. The maximum atomic E-state index is 6.16. The molecule has 1 N–H and O–H groups in total. The molecule has 0 radical (unpaired) electrons. The van der Waals surface area contributed by atoms with Crippen LogP contribution >= 0.6 is 39.1 Å². The van der Waals surface area contributed by atoms with Crippen molar-refractivity contribution in [1.82, 2.24) is 15.0 Å². The summed E-state index contributed by atoms with van der Waals surface area (Å²) >= 11 is 15.7. The number of benzene rings is 1. The maximum absolute atomic E-state index is 6.16. The number of pyridine rings is 1. The lowest BCUT2D eigenvalue weighted by molar-refractivity contribution is 1.29. The Morgan fingerprint density at radius 2 is 1.83 bits per heavy atom. The van der Waals surface area contributed by atoms with Gasteiger partial charge in [0.25, 0.3) is 0 Å². The lowest BCUT2D eigenvalue weighted by Crippen LogP contribution is -1.83. The van der Waals surface area contributed by atoms with E-state index in [1.807, 2.05) is 6.07 Å². The van der Waals surface area contributed by atoms with Gasteiger partial charge in [0.15, 0.2) is 0 Å². The number of aromatic amines is 1. The second-order valence-electron chi connectivity index (χ2n) is 3.68. The van der Waals surface area contributed by atoms with Crippen LogP contribution < -0.4 is 0 Å². The summed E-state index contributed by atoms with van der Waals surface area (Å²) in [6.45, 7) is 0. The predicted octanol–water partition coefficient (Wildman–Crippen LogP) is 4.69. The number of hydrogen-bond acceptors (Lipinski definition) is 2. The molecule has 1 aromatic carbocycles. The normalized spacial score (nSPS) is 11.1. The van der Waals surface area contributed by atoms with Crippen molar-refractivity contribution >= 4 is 50.2 Å². The van der Waals surface area contributed by atoms with Crippen molar-refractivity contribution in [3.63, 3.8) is 0 Å². The van der Waals surface area contributed by atoms with E-state index < -0.39 is 0 Å². The molecule has 3 nitrogen and oxygen atoms in total. The van der Waals surface area contributed by atoms with Crippen molar-refractivity contribution in [3.8, 4) is 11.4 Å². The molecule has 0 spiro atoms. The van der Waals surface area contributed by atoms with E-state index in [1.165, 1.54) is 0 Å². The largest absolute Gasteiger partial charge is 0.338 e. The molecule has 0 aliphatic heterocycles. The number of aromatic nitrogens is 3. The highest BCUT2D eigenvalue weighted by atomic mass is 79.9. The first-order chi connectivity index (χ1) is 8.66. The molecule has 2 aromatic heterocycles. The average Bonchev–Trinajstić information content (AvgIpc) is 2.74. The van der Waals surface area contributed by atoms with Crippen molar-refractivity contribution < 1.29 is 0 Å². The lowest BCUT2D eigenvalue weighted by atomic mass is 10.2. The van der Waals surface area contributed by atoms with E-state index in [-0.39, 0.29) is 0 Å². The standard InChI is InChI=1S/C12H6BrCl2N3/c13-11-10-8(4-5-16-11)17-12(18-10)9-6(14)2-1-3-7(9)15/h1-5H,(H,17,18). The Morgan fingerprint density at radius 3 is 2.50 bits per heavy atom. The molecule has 3 aromatic rings. The minimum atomic E-state index is 0.561. The smallest absolute Gasteiger partial charge is 0.141 e. The summed E-state index contributed by atoms with van der Waals surface area (Å²) in [4.78, 5) is 11.8. The van der Waals surface area contributed by atoms with E-state index in [0.29, 0.717) is 26.0 Å². The van der Waals surface area contributed by atoms with Gasteiger partial charge in [-0.2, -0.15) is 0 Å². The molecule has 0 aliphatic carbocycles. The fourth-order valence-corrected chi connectivity index (χ4v) is 2.74. The molecule has 90 valence electrons. The van der Waals surface area contributed by atoms with Gasteiger partial charge in [-0.1, -0.05) is 29.3 Å². The quantitative estimate of drug-likeness (QED) is 0.651. The van der Waals surface area contributed by atoms with Gasteiger partial charge in [-0.15, -0.1) is 0 Å². The van der Waals surface area contributed by atoms with Gasteiger partial charge in [0.1, 0.15) is 15.9 Å². The van der Waals surface area contributed by atoms with Crippen LogP contribution in [0.3, 0.4) is 0 Å². The molecule has 0 atom stereocenters. The highest BCUT2D eigenvalue weighted by Crippen LogP contribution is 2.34. The number of nitrogens with one attached hydrogen (secondary N) is 1. The molecule has 3 rings (SSSR count). The van der Waals surface area contributed by atoms with Gasteiger partial charge < -0.3 is 4.98 Å². The van der Waals surface area contributed by atoms with Crippen molar-refractivity contribution in [3.05, 3.63) is 45.1 Å². The second kappa shape index (κ2) is 4.53. The monoisotopic (exact) mass is 341 g/mol. The van der Waals surface area contributed by atoms with Gasteiger partial charge in [-0.3, -0.25) is 0 Å². The van der Waals surface area contributed by atoms with Crippen LogP contribution in [-0.4, -0.2) is 15.0 Å². The van der Waals surface area contributed by atoms with Gasteiger partial charge in [0.2, 0.25) is 0 Å². The van der Waals surface area contributed by atoms with E-state index >= 15 is 0 Å². The Hall–Kier alpha value is -1.10. The highest BCUT2D eigenvalue weighted by Gasteiger charge is 2.13. The lowest BCUT2D eigenvalue weighted by Gasteiger charge is -2.02. The van der Waals surface area contributed by atoms with Gasteiger partial charge in [0.05, 0.1) is 21.1 Å². The molecule has 0 saturated heterocycles. The number of halogens is 3. The maximum Gasteiger partial charge on any atom is 0.141 e. The summed E-state index contributed by atoms with van der Waals surface area (Å²) in [5.74, 6) is 0.634. The number of H-pyrrole nitrogens is 1. The number of hydrogen-bond donors (Lipinski definition) is 1. The molecule has 0 aliphatic rings. The molecule has 6 heteroatoms. The van der Waals surface area contributed by atoms with Crippen molar-refractivity contribution in [1.29, 1.82) is 0 Å². The zero-order chi connectivity index (χ0) is 12.7. The number of fused-ring (bicyclic) bond motifs is 1. The Kier molecular flexibility index (Phi) is 3.01. The van der Waals surface area contributed by atoms with Crippen LogP contribution in [0.25, 0.3) is 22.4 Å². The molecule has 0 saturated carbocycles. The fourth-order valence-electron chi connectivity index (χ4n) is 1.75. The Labute approximate surface area is 121 Å². The molecular formula is C12H6BrCl2N3. The first-order valence-corrected chi connectivity index (χ1v) is 6.66. The Bertz CT molecular complexity index is 719. The SMILES string of the molecule is Clc1cccc(Cl)c1-c1nc2c(Br)nccc2[nH]1. The van der Waals surface area contributed by atoms with Crippen LogP contribution in [0.2, 0.25) is 10.0 Å². The zero-order valence-electron chi connectivity index (χ0n) is 8.92. The minimum absolute atomic E-state index is 0.561. The topological polar surface area (TPSA) is 41.6 Å². The van der Waals surface area contributed by atoms with Crippen LogP contribution in [-0.2, 0) is 0 Å². The van der Waals surface area contributed by atoms with Crippen molar-refractivity contribution in [2.45, 2.75) is 0 Å². The van der Waals surface area contributed by atoms with E-state index in [9.17, 15) is 0 Å². The van der Waals surface area contributed by atoms with Crippen LogP contribution in [0, 0.1) is 0 Å². The molecule has 0 unspecified atom stereocenters. The summed E-state index contributed by atoms with van der Waals surface area (Å²) < 4.78 is 0.686. The summed E-state index contributed by atoms with van der Waals surface area (Å²) in [6, 6.07) is 7.21. The molecule has 0 fully saturated rings. The number of nitrogens with zero attached hydrogens (tertiary/aromatic N) is 2. The third-order valence-corrected chi connectivity index (χ3v) is 3.77. The van der Waals surface area contributed by atoms with Gasteiger partial charge in [-0.05, 0) is 34.1 Å². The second-order valence-corrected chi connectivity index (χ2v) is 5.25. The van der Waals surface area contributed by atoms with Crippen LogP contribution in [0.15, 0.2) is 35.1 Å². The first-order valence-electron chi connectivity index (χ1n) is 5.11. The Morgan fingerprint density at radius 1 is 1.11 bits per heavy atom. The van der Waals surface area contributed by atoms with E-state index in [4.69, 9.17) is 23.2 Å². The molecular weight excluding hydrogens is 337 g/mol. The van der Waals surface area contributed by atoms with E-state index in [2.05, 4.69) is 30.9 Å². The van der Waals surface area contributed by atoms with Crippen molar-refractivity contribution in [2.24, 2.45) is 0 Å². The minimum Gasteiger partial charge on any atom is -0.338 e. The molecule has 0 bridgehead atoms. The van der Waals surface area contributed by atoms with Crippen LogP contribution in [0.4, 0.5) is 0 Å². The zero-order valence-corrected chi connectivity index (χ0v) is 12.0. The van der Waals surface area contributed by atoms with E-state index in [0.717, 1.165) is 11.0 Å². The molecule has 2 heterocycles. The summed E-state index contributed by atoms with van der Waals surface area (Å²) in [6.07, 6.45) is 1.70.